The molecule has 0 aliphatic rings. The summed E-state index contributed by atoms with van der Waals surface area (Å²) in [7, 11) is 0. The van der Waals surface area contributed by atoms with Gasteiger partial charge in [-0.2, -0.15) is 5.11 Å². The van der Waals surface area contributed by atoms with Gasteiger partial charge in [-0.05, 0) is 46.8 Å². The normalized spacial score (nSPS) is 11.7. The summed E-state index contributed by atoms with van der Waals surface area (Å²) in [5, 5.41) is 16.3. The monoisotopic (exact) mass is 258 g/mol. The predicted octanol–water partition coefficient (Wildman–Crippen LogP) is 3.08. The highest BCUT2D eigenvalue weighted by atomic mass is 15.3. The lowest BCUT2D eigenvalue weighted by Crippen LogP contribution is -2.03. The fourth-order valence-corrected chi connectivity index (χ4v) is 1.78. The number of imidazole rings is 1. The summed E-state index contributed by atoms with van der Waals surface area (Å²) < 4.78 is 1.98. The first-order valence-corrected chi connectivity index (χ1v) is 6.26. The highest BCUT2D eigenvalue weighted by Gasteiger charge is 2.10. The van der Waals surface area contributed by atoms with E-state index < -0.39 is 0 Å². The Balaban J connectivity index is 2.32. The molecule has 0 saturated heterocycles. The van der Waals surface area contributed by atoms with Crippen molar-refractivity contribution in [3.63, 3.8) is 0 Å². The van der Waals surface area contributed by atoms with Crippen LogP contribution in [0.4, 0.5) is 5.82 Å². The quantitative estimate of drug-likeness (QED) is 0.794. The van der Waals surface area contributed by atoms with Gasteiger partial charge in [0.15, 0.2) is 11.6 Å². The van der Waals surface area contributed by atoms with Crippen LogP contribution in [0.5, 0.6) is 0 Å². The first-order valence-electron chi connectivity index (χ1n) is 6.26. The second-order valence-electron chi connectivity index (χ2n) is 4.72. The van der Waals surface area contributed by atoms with Crippen molar-refractivity contribution in [2.45, 2.75) is 40.7 Å². The molecular weight excluding hydrogens is 240 g/mol. The molecule has 2 heterocycles. The van der Waals surface area contributed by atoms with Gasteiger partial charge in [0, 0.05) is 5.69 Å². The largest absolute Gasteiger partial charge is 0.284 e. The number of nitrogens with zero attached hydrogens (tertiary/aromatic N) is 6. The lowest BCUT2D eigenvalue weighted by molar-refractivity contribution is 0.768. The van der Waals surface area contributed by atoms with Crippen LogP contribution in [0.2, 0.25) is 0 Å². The van der Waals surface area contributed by atoms with Gasteiger partial charge in [-0.1, -0.05) is 0 Å². The van der Waals surface area contributed by atoms with Crippen LogP contribution in [0.1, 0.15) is 31.1 Å². The molecule has 2 aromatic heterocycles. The van der Waals surface area contributed by atoms with E-state index in [0.29, 0.717) is 5.82 Å². The van der Waals surface area contributed by atoms with E-state index in [9.17, 15) is 0 Å². The number of aromatic nitrogens is 4. The molecule has 0 fully saturated rings. The zero-order valence-corrected chi connectivity index (χ0v) is 11.9. The Kier molecular flexibility index (Phi) is 3.69. The summed E-state index contributed by atoms with van der Waals surface area (Å²) in [5.41, 5.74) is 2.08. The minimum atomic E-state index is 0.155. The van der Waals surface area contributed by atoms with Gasteiger partial charge in [0.05, 0.1) is 11.7 Å². The van der Waals surface area contributed by atoms with Crippen LogP contribution in [-0.2, 0) is 0 Å². The fourth-order valence-electron chi connectivity index (χ4n) is 1.78. The van der Waals surface area contributed by atoms with Crippen molar-refractivity contribution in [1.29, 1.82) is 0 Å². The third-order valence-corrected chi connectivity index (χ3v) is 2.77. The molecule has 0 amide bonds. The van der Waals surface area contributed by atoms with Crippen molar-refractivity contribution in [3.05, 3.63) is 29.3 Å². The zero-order chi connectivity index (χ0) is 14.0. The van der Waals surface area contributed by atoms with E-state index in [1.165, 1.54) is 0 Å². The highest BCUT2D eigenvalue weighted by molar-refractivity contribution is 5.34. The second kappa shape index (κ2) is 5.26. The molecule has 0 aromatic carbocycles. The first kappa shape index (κ1) is 13.3. The number of hydrogen-bond donors (Lipinski definition) is 0. The van der Waals surface area contributed by atoms with Gasteiger partial charge in [-0.25, -0.2) is 4.98 Å². The fraction of sp³-hybridized carbons (Fsp3) is 0.462. The van der Waals surface area contributed by atoms with Crippen molar-refractivity contribution < 1.29 is 0 Å². The first-order chi connectivity index (χ1) is 8.99. The summed E-state index contributed by atoms with van der Waals surface area (Å²) in [6.07, 6.45) is 0. The molecule has 0 aliphatic heterocycles. The van der Waals surface area contributed by atoms with Crippen LogP contribution < -0.4 is 0 Å². The standard InChI is InChI=1S/C13H18N6/c1-8(2)15-16-12-6-7-13(18-17-12)19-10(4)9(3)14-11(19)5/h6-8H,1-5H3. The van der Waals surface area contributed by atoms with Crippen LogP contribution in [0, 0.1) is 20.8 Å². The SMILES string of the molecule is Cc1nc(C)n(-c2ccc(N=NC(C)C)nn2)c1C. The minimum absolute atomic E-state index is 0.155. The molecule has 0 N–H and O–H groups in total. The van der Waals surface area contributed by atoms with Crippen LogP contribution in [0.15, 0.2) is 22.4 Å². The Bertz CT molecular complexity index is 594. The maximum atomic E-state index is 4.42. The van der Waals surface area contributed by atoms with Crippen LogP contribution in [-0.4, -0.2) is 25.8 Å². The van der Waals surface area contributed by atoms with E-state index in [-0.39, 0.29) is 6.04 Å². The van der Waals surface area contributed by atoms with Gasteiger partial charge in [0.25, 0.3) is 0 Å². The molecule has 0 aliphatic carbocycles. The summed E-state index contributed by atoms with van der Waals surface area (Å²) >= 11 is 0. The molecule has 0 atom stereocenters. The summed E-state index contributed by atoms with van der Waals surface area (Å²) in [6, 6.07) is 3.84. The Morgan fingerprint density at radius 1 is 1.11 bits per heavy atom. The molecule has 6 nitrogen and oxygen atoms in total. The smallest absolute Gasteiger partial charge is 0.196 e. The molecule has 0 unspecified atom stereocenters. The van der Waals surface area contributed by atoms with Gasteiger partial charge >= 0.3 is 0 Å². The van der Waals surface area contributed by atoms with Crippen molar-refractivity contribution in [2.75, 3.05) is 0 Å². The molecule has 0 bridgehead atoms. The number of azo groups is 1. The summed E-state index contributed by atoms with van der Waals surface area (Å²) in [4.78, 5) is 4.42. The van der Waals surface area contributed by atoms with E-state index in [4.69, 9.17) is 0 Å². The molecule has 0 radical (unpaired) electrons. The average molecular weight is 258 g/mol. The van der Waals surface area contributed by atoms with Gasteiger partial charge in [-0.3, -0.25) is 4.57 Å². The Morgan fingerprint density at radius 3 is 2.32 bits per heavy atom. The van der Waals surface area contributed by atoms with Gasteiger partial charge in [0.2, 0.25) is 0 Å². The minimum Gasteiger partial charge on any atom is -0.284 e. The van der Waals surface area contributed by atoms with E-state index in [2.05, 4.69) is 25.4 Å². The van der Waals surface area contributed by atoms with Crippen LogP contribution in [0.25, 0.3) is 5.82 Å². The van der Waals surface area contributed by atoms with Gasteiger partial charge in [0.1, 0.15) is 5.82 Å². The zero-order valence-electron chi connectivity index (χ0n) is 11.9. The lowest BCUT2D eigenvalue weighted by atomic mass is 10.4. The molecule has 0 spiro atoms. The third-order valence-electron chi connectivity index (χ3n) is 2.77. The van der Waals surface area contributed by atoms with E-state index in [0.717, 1.165) is 23.0 Å². The maximum Gasteiger partial charge on any atom is 0.196 e. The van der Waals surface area contributed by atoms with Crippen LogP contribution >= 0.6 is 0 Å². The number of rotatable bonds is 3. The Hall–Kier alpha value is -2.11. The molecule has 19 heavy (non-hydrogen) atoms. The second-order valence-corrected chi connectivity index (χ2v) is 4.72. The van der Waals surface area contributed by atoms with E-state index >= 15 is 0 Å². The van der Waals surface area contributed by atoms with Gasteiger partial charge < -0.3 is 0 Å². The summed E-state index contributed by atoms with van der Waals surface area (Å²) in [5.74, 6) is 2.17. The number of aryl methyl sites for hydroxylation is 2. The number of hydrogen-bond acceptors (Lipinski definition) is 5. The molecule has 2 rings (SSSR count). The highest BCUT2D eigenvalue weighted by Crippen LogP contribution is 2.16. The molecule has 2 aromatic rings. The van der Waals surface area contributed by atoms with E-state index in [1.807, 2.05) is 51.3 Å². The average Bonchev–Trinajstić information content (AvgIpc) is 2.62. The van der Waals surface area contributed by atoms with Crippen LogP contribution in [0.3, 0.4) is 0 Å². The Morgan fingerprint density at radius 2 is 1.84 bits per heavy atom. The topological polar surface area (TPSA) is 68.3 Å². The van der Waals surface area contributed by atoms with E-state index in [1.54, 1.807) is 0 Å². The summed E-state index contributed by atoms with van der Waals surface area (Å²) in [6.45, 7) is 9.88. The molecule has 6 heteroatoms. The lowest BCUT2D eigenvalue weighted by Gasteiger charge is -2.05. The molecular formula is C13H18N6. The predicted molar refractivity (Wildman–Crippen MR) is 73.0 cm³/mol. The molecule has 100 valence electrons. The third kappa shape index (κ3) is 2.83. The van der Waals surface area contributed by atoms with Gasteiger partial charge in [-0.15, -0.1) is 15.3 Å². The maximum absolute atomic E-state index is 4.42. The van der Waals surface area contributed by atoms with Crippen molar-refractivity contribution >= 4 is 5.82 Å². The molecule has 0 saturated carbocycles. The van der Waals surface area contributed by atoms with Crippen molar-refractivity contribution in [2.24, 2.45) is 10.2 Å². The van der Waals surface area contributed by atoms with Crippen molar-refractivity contribution in [3.8, 4) is 5.82 Å². The van der Waals surface area contributed by atoms with Crippen molar-refractivity contribution in [1.82, 2.24) is 19.7 Å². The Labute approximate surface area is 112 Å².